The highest BCUT2D eigenvalue weighted by Gasteiger charge is 2.25. The van der Waals surface area contributed by atoms with E-state index in [0.29, 0.717) is 0 Å². The minimum Gasteiger partial charge on any atom is -0.372 e. The summed E-state index contributed by atoms with van der Waals surface area (Å²) in [6, 6.07) is 8.35. The van der Waals surface area contributed by atoms with Crippen LogP contribution in [-0.2, 0) is 23.4 Å². The largest absolute Gasteiger partial charge is 0.372 e. The zero-order valence-electron chi connectivity index (χ0n) is 17.0. The van der Waals surface area contributed by atoms with Crippen molar-refractivity contribution in [2.45, 2.75) is 51.2 Å². The topological polar surface area (TPSA) is 32.3 Å². The Morgan fingerprint density at radius 1 is 1.07 bits per heavy atom. The van der Waals surface area contributed by atoms with Crippen LogP contribution >= 0.6 is 23.1 Å². The molecule has 0 spiro atoms. The van der Waals surface area contributed by atoms with Gasteiger partial charge in [-0.1, -0.05) is 6.92 Å². The van der Waals surface area contributed by atoms with Crippen LogP contribution in [0.5, 0.6) is 0 Å². The van der Waals surface area contributed by atoms with Gasteiger partial charge >= 0.3 is 0 Å². The van der Waals surface area contributed by atoms with E-state index in [2.05, 4.69) is 35.3 Å². The number of nitrogens with one attached hydrogen (secondary N) is 1. The number of carbonyl (C=O) groups is 1. The van der Waals surface area contributed by atoms with Crippen molar-refractivity contribution in [3.8, 4) is 0 Å². The molecule has 1 N–H and O–H groups in total. The number of thioether (sulfide) groups is 1. The molecule has 3 nitrogen and oxygen atoms in total. The summed E-state index contributed by atoms with van der Waals surface area (Å²) in [7, 11) is 0. The van der Waals surface area contributed by atoms with Crippen LogP contribution in [0.15, 0.2) is 29.2 Å². The van der Waals surface area contributed by atoms with Crippen molar-refractivity contribution in [3.63, 3.8) is 0 Å². The number of aryl methyl sites for hydroxylation is 1. The molecule has 29 heavy (non-hydrogen) atoms. The van der Waals surface area contributed by atoms with Crippen molar-refractivity contribution in [1.29, 1.82) is 0 Å². The zero-order chi connectivity index (χ0) is 19.8. The Bertz CT molecular complexity index is 937. The first-order valence-corrected chi connectivity index (χ1v) is 12.6. The highest BCUT2D eigenvalue weighted by Crippen LogP contribution is 2.42. The molecule has 2 aromatic rings. The maximum Gasteiger partial charge on any atom is 0.262 e. The molecule has 0 radical (unpaired) electrons. The molecule has 1 aromatic heterocycles. The van der Waals surface area contributed by atoms with Gasteiger partial charge in [0.2, 0.25) is 0 Å². The third kappa shape index (κ3) is 3.99. The molecule has 2 aliphatic heterocycles. The number of hydrogen-bond donors (Lipinski definition) is 1. The predicted octanol–water partition coefficient (Wildman–Crippen LogP) is 6.09. The summed E-state index contributed by atoms with van der Waals surface area (Å²) in [6.45, 7) is 4.59. The molecule has 0 atom stereocenters. The molecule has 1 fully saturated rings. The molecule has 0 saturated carbocycles. The molecule has 0 bridgehead atoms. The molecule has 1 aromatic carbocycles. The first kappa shape index (κ1) is 19.3. The fourth-order valence-corrected chi connectivity index (χ4v) is 7.12. The molecule has 0 unspecified atom stereocenters. The molecule has 1 amide bonds. The number of hydrogen-bond acceptors (Lipinski definition) is 4. The highest BCUT2D eigenvalue weighted by molar-refractivity contribution is 8.03. The van der Waals surface area contributed by atoms with E-state index in [1.165, 1.54) is 54.7 Å². The van der Waals surface area contributed by atoms with E-state index >= 15 is 0 Å². The van der Waals surface area contributed by atoms with E-state index in [-0.39, 0.29) is 5.91 Å². The average molecular weight is 425 g/mol. The van der Waals surface area contributed by atoms with Gasteiger partial charge in [-0.15, -0.1) is 23.1 Å². The summed E-state index contributed by atoms with van der Waals surface area (Å²) in [4.78, 5) is 19.0. The van der Waals surface area contributed by atoms with Gasteiger partial charge in [0.25, 0.3) is 5.91 Å². The van der Waals surface area contributed by atoms with Crippen LogP contribution < -0.4 is 10.2 Å². The lowest BCUT2D eigenvalue weighted by Gasteiger charge is -2.32. The summed E-state index contributed by atoms with van der Waals surface area (Å²) in [5.74, 6) is 1.79. The van der Waals surface area contributed by atoms with Crippen LogP contribution in [0.3, 0.4) is 0 Å². The van der Waals surface area contributed by atoms with Crippen molar-refractivity contribution >= 4 is 46.5 Å². The Balaban J connectivity index is 1.26. The van der Waals surface area contributed by atoms with Crippen molar-refractivity contribution in [2.75, 3.05) is 23.3 Å². The average Bonchev–Trinajstić information content (AvgIpc) is 3.13. The van der Waals surface area contributed by atoms with Gasteiger partial charge in [0.15, 0.2) is 0 Å². The molecular weight excluding hydrogens is 396 g/mol. The molecule has 5 rings (SSSR count). The summed E-state index contributed by atoms with van der Waals surface area (Å²) >= 11 is 3.59. The maximum atomic E-state index is 12.8. The van der Waals surface area contributed by atoms with E-state index in [0.717, 1.165) is 35.4 Å². The maximum absolute atomic E-state index is 12.8. The molecule has 5 heteroatoms. The molecular formula is C24H28N2OS2. The number of rotatable bonds is 3. The molecule has 152 valence electrons. The monoisotopic (exact) mass is 424 g/mol. The second-order valence-corrected chi connectivity index (χ2v) is 10.7. The summed E-state index contributed by atoms with van der Waals surface area (Å²) in [6.07, 6.45) is 9.70. The van der Waals surface area contributed by atoms with Crippen LogP contribution in [0.1, 0.15) is 53.5 Å². The first-order valence-electron chi connectivity index (χ1n) is 10.8. The number of thiophene rings is 1. The van der Waals surface area contributed by atoms with Crippen molar-refractivity contribution in [3.05, 3.63) is 50.1 Å². The standard InChI is InChI=1S/C24H28N2OS2/c1-16-10-12-26(13-11-16)18-8-6-17(7-9-18)25-24(27)23-14-22-20(15-28-23)19-4-2-3-5-21(19)29-22/h6-9,14,16H,2-5,10-13,15H2,1H3,(H,25,27). The van der Waals surface area contributed by atoms with Gasteiger partial charge in [-0.25, -0.2) is 0 Å². The fourth-order valence-electron chi connectivity index (χ4n) is 4.58. The van der Waals surface area contributed by atoms with E-state index in [4.69, 9.17) is 0 Å². The zero-order valence-corrected chi connectivity index (χ0v) is 18.6. The summed E-state index contributed by atoms with van der Waals surface area (Å²) in [5.41, 5.74) is 5.21. The van der Waals surface area contributed by atoms with Crippen LogP contribution in [0, 0.1) is 5.92 Å². The molecule has 3 heterocycles. The summed E-state index contributed by atoms with van der Waals surface area (Å²) in [5, 5.41) is 3.10. The van der Waals surface area contributed by atoms with Gasteiger partial charge in [-0.05, 0) is 85.9 Å². The minimum absolute atomic E-state index is 0.0200. The number of fused-ring (bicyclic) bond motifs is 3. The van der Waals surface area contributed by atoms with E-state index in [9.17, 15) is 4.79 Å². The molecule has 3 aliphatic rings. The third-order valence-electron chi connectivity index (χ3n) is 6.44. The minimum atomic E-state index is 0.0200. The Morgan fingerprint density at radius 3 is 2.62 bits per heavy atom. The number of nitrogens with zero attached hydrogens (tertiary/aromatic N) is 1. The van der Waals surface area contributed by atoms with Gasteiger partial charge in [0.1, 0.15) is 0 Å². The van der Waals surface area contributed by atoms with Crippen LogP contribution in [-0.4, -0.2) is 19.0 Å². The van der Waals surface area contributed by atoms with Crippen LogP contribution in [0.4, 0.5) is 11.4 Å². The van der Waals surface area contributed by atoms with Gasteiger partial charge in [-0.2, -0.15) is 0 Å². The predicted molar refractivity (Wildman–Crippen MR) is 126 cm³/mol. The second kappa shape index (κ2) is 8.19. The molecule has 1 saturated heterocycles. The lowest BCUT2D eigenvalue weighted by Crippen LogP contribution is -2.32. The van der Waals surface area contributed by atoms with Crippen LogP contribution in [0.2, 0.25) is 0 Å². The third-order valence-corrected chi connectivity index (χ3v) is 8.77. The number of anilines is 2. The smallest absolute Gasteiger partial charge is 0.262 e. The Labute approximate surface area is 181 Å². The van der Waals surface area contributed by atoms with E-state index < -0.39 is 0 Å². The molecule has 1 aliphatic carbocycles. The first-order chi connectivity index (χ1) is 14.2. The number of benzene rings is 1. The second-order valence-electron chi connectivity index (χ2n) is 8.52. The number of piperidine rings is 1. The van der Waals surface area contributed by atoms with Crippen LogP contribution in [0.25, 0.3) is 6.08 Å². The van der Waals surface area contributed by atoms with Crippen molar-refractivity contribution in [1.82, 2.24) is 0 Å². The lowest BCUT2D eigenvalue weighted by molar-refractivity contribution is -0.112. The lowest BCUT2D eigenvalue weighted by atomic mass is 9.95. The van der Waals surface area contributed by atoms with Crippen molar-refractivity contribution < 1.29 is 4.79 Å². The number of amides is 1. The fraction of sp³-hybridized carbons (Fsp3) is 0.458. The van der Waals surface area contributed by atoms with Gasteiger partial charge in [0.05, 0.1) is 4.91 Å². The summed E-state index contributed by atoms with van der Waals surface area (Å²) < 4.78 is 0. The normalized spacial score (nSPS) is 19.3. The highest BCUT2D eigenvalue weighted by atomic mass is 32.2. The van der Waals surface area contributed by atoms with Gasteiger partial charge in [0, 0.05) is 40.0 Å². The SMILES string of the molecule is CC1CCN(c2ccc(NC(=O)C3=Cc4sc5c(c4CS3)CCCC5)cc2)CC1. The Kier molecular flexibility index (Phi) is 5.44. The Morgan fingerprint density at radius 2 is 1.83 bits per heavy atom. The van der Waals surface area contributed by atoms with Gasteiger partial charge < -0.3 is 10.2 Å². The number of carbonyl (C=O) groups excluding carboxylic acids is 1. The van der Waals surface area contributed by atoms with Crippen molar-refractivity contribution in [2.24, 2.45) is 5.92 Å². The quantitative estimate of drug-likeness (QED) is 0.647. The Hall–Kier alpha value is -1.72. The van der Waals surface area contributed by atoms with Gasteiger partial charge in [-0.3, -0.25) is 4.79 Å². The van der Waals surface area contributed by atoms with E-state index in [1.807, 2.05) is 23.5 Å². The van der Waals surface area contributed by atoms with E-state index in [1.54, 1.807) is 22.2 Å².